The molecule has 33 heavy (non-hydrogen) atoms. The van der Waals surface area contributed by atoms with Gasteiger partial charge in [0.1, 0.15) is 4.90 Å². The van der Waals surface area contributed by atoms with Crippen molar-refractivity contribution in [2.45, 2.75) is 31.1 Å². The summed E-state index contributed by atoms with van der Waals surface area (Å²) in [6.45, 7) is 2.15. The van der Waals surface area contributed by atoms with Gasteiger partial charge in [-0.2, -0.15) is 0 Å². The second kappa shape index (κ2) is 9.83. The number of unbranched alkanes of at least 4 members (excludes halogenated alkanes) is 1. The molecule has 0 saturated carbocycles. The van der Waals surface area contributed by atoms with E-state index in [1.165, 1.54) is 11.6 Å². The van der Waals surface area contributed by atoms with Crippen molar-refractivity contribution in [1.29, 1.82) is 0 Å². The number of nitrogens with zero attached hydrogens (tertiary/aromatic N) is 2. The number of aliphatic imine (C=N–C) groups is 1. The van der Waals surface area contributed by atoms with Crippen LogP contribution >= 0.6 is 0 Å². The zero-order valence-corrected chi connectivity index (χ0v) is 19.0. The minimum atomic E-state index is -3.85. The first kappa shape index (κ1) is 22.5. The summed E-state index contributed by atoms with van der Waals surface area (Å²) in [4.78, 5) is 8.46. The standard InChI is InChI=1S/C26H25N3O3S/c1-2-3-6-19-10-14-22(15-11-19)28-26(30)21-12-16-23(17-13-21)29-33(31,32)24-9-4-7-20-8-5-18-27-25(20)24/h4-5,7-18,29H,2-3,6H2,1H3,(H,28,30)/p-1. The number of para-hydroxylation sites is 1. The molecule has 0 fully saturated rings. The normalized spacial score (nSPS) is 12.1. The van der Waals surface area contributed by atoms with Crippen molar-refractivity contribution in [2.24, 2.45) is 4.99 Å². The lowest BCUT2D eigenvalue weighted by atomic mass is 10.1. The van der Waals surface area contributed by atoms with E-state index in [9.17, 15) is 13.5 Å². The van der Waals surface area contributed by atoms with Crippen LogP contribution in [0.3, 0.4) is 0 Å². The molecular formula is C26H24N3O3S-. The molecule has 3 aromatic carbocycles. The van der Waals surface area contributed by atoms with Crippen LogP contribution in [-0.4, -0.2) is 19.3 Å². The molecule has 6 nitrogen and oxygen atoms in total. The predicted molar refractivity (Wildman–Crippen MR) is 130 cm³/mol. The molecule has 1 N–H and O–H groups in total. The van der Waals surface area contributed by atoms with Gasteiger partial charge in [0.05, 0.1) is 11.2 Å². The molecule has 4 rings (SSSR count). The highest BCUT2D eigenvalue weighted by atomic mass is 32.2. The fourth-order valence-corrected chi connectivity index (χ4v) is 4.72. The smallest absolute Gasteiger partial charge is 0.264 e. The minimum Gasteiger partial charge on any atom is -0.858 e. The number of sulfonamides is 1. The highest BCUT2D eigenvalue weighted by molar-refractivity contribution is 7.93. The second-order valence-electron chi connectivity index (χ2n) is 7.70. The van der Waals surface area contributed by atoms with Gasteiger partial charge in [0.2, 0.25) is 0 Å². The maximum atomic E-state index is 12.9. The molecule has 0 radical (unpaired) electrons. The Hall–Kier alpha value is -3.71. The van der Waals surface area contributed by atoms with E-state index in [-0.39, 0.29) is 10.8 Å². The Balaban J connectivity index is 1.50. The average molecular weight is 459 g/mol. The fourth-order valence-electron chi connectivity index (χ4n) is 3.48. The van der Waals surface area contributed by atoms with Gasteiger partial charge in [-0.3, -0.25) is 14.7 Å². The number of fused-ring (bicyclic) bond motifs is 1. The van der Waals surface area contributed by atoms with Crippen LogP contribution in [0, 0.1) is 0 Å². The molecule has 0 aliphatic rings. The van der Waals surface area contributed by atoms with Gasteiger partial charge in [-0.05, 0) is 66.3 Å². The van der Waals surface area contributed by atoms with Gasteiger partial charge in [0, 0.05) is 17.3 Å². The van der Waals surface area contributed by atoms with Gasteiger partial charge >= 0.3 is 0 Å². The molecule has 0 bridgehead atoms. The molecule has 0 spiro atoms. The van der Waals surface area contributed by atoms with Crippen molar-refractivity contribution in [1.82, 2.24) is 4.98 Å². The summed E-state index contributed by atoms with van der Waals surface area (Å²) < 4.78 is 28.4. The highest BCUT2D eigenvalue weighted by Gasteiger charge is 2.18. The molecule has 0 aliphatic heterocycles. The molecular weight excluding hydrogens is 434 g/mol. The molecule has 4 aromatic rings. The third-order valence-electron chi connectivity index (χ3n) is 5.26. The summed E-state index contributed by atoms with van der Waals surface area (Å²) in [6.07, 6.45) is 4.83. The van der Waals surface area contributed by atoms with Crippen LogP contribution in [0.4, 0.5) is 11.4 Å². The molecule has 7 heteroatoms. The van der Waals surface area contributed by atoms with E-state index in [0.29, 0.717) is 22.5 Å². The van der Waals surface area contributed by atoms with Crippen LogP contribution in [0.15, 0.2) is 94.9 Å². The number of rotatable bonds is 8. The second-order valence-corrected chi connectivity index (χ2v) is 9.35. The number of aryl methyl sites for hydroxylation is 1. The average Bonchev–Trinajstić information content (AvgIpc) is 2.83. The van der Waals surface area contributed by atoms with Gasteiger partial charge in [0.15, 0.2) is 0 Å². The summed E-state index contributed by atoms with van der Waals surface area (Å²) in [5.74, 6) is -0.385. The van der Waals surface area contributed by atoms with Gasteiger partial charge < -0.3 is 5.11 Å². The van der Waals surface area contributed by atoms with Crippen LogP contribution in [0.25, 0.3) is 10.9 Å². The van der Waals surface area contributed by atoms with Gasteiger partial charge in [0.25, 0.3) is 10.0 Å². The number of anilines is 1. The Bertz CT molecular complexity index is 1380. The largest absolute Gasteiger partial charge is 0.858 e. The number of nitrogens with one attached hydrogen (secondary N) is 1. The highest BCUT2D eigenvalue weighted by Crippen LogP contribution is 2.23. The molecule has 0 saturated heterocycles. The molecule has 0 unspecified atom stereocenters. The van der Waals surface area contributed by atoms with E-state index in [2.05, 4.69) is 21.6 Å². The van der Waals surface area contributed by atoms with Crippen molar-refractivity contribution in [3.63, 3.8) is 0 Å². The molecule has 1 aromatic heterocycles. The van der Waals surface area contributed by atoms with Crippen LogP contribution in [0.1, 0.15) is 30.9 Å². The van der Waals surface area contributed by atoms with Gasteiger partial charge in [-0.15, -0.1) is 0 Å². The van der Waals surface area contributed by atoms with E-state index in [1.54, 1.807) is 42.6 Å². The molecule has 0 amide bonds. The third-order valence-corrected chi connectivity index (χ3v) is 6.67. The third kappa shape index (κ3) is 5.38. The first-order valence-electron chi connectivity index (χ1n) is 10.8. The van der Waals surface area contributed by atoms with E-state index in [4.69, 9.17) is 0 Å². The number of aromatic nitrogens is 1. The monoisotopic (exact) mass is 458 g/mol. The van der Waals surface area contributed by atoms with Crippen molar-refractivity contribution in [2.75, 3.05) is 4.72 Å². The van der Waals surface area contributed by atoms with Crippen LogP contribution in [0.5, 0.6) is 0 Å². The van der Waals surface area contributed by atoms with Crippen LogP contribution in [0.2, 0.25) is 0 Å². The lowest BCUT2D eigenvalue weighted by Gasteiger charge is -2.13. The quantitative estimate of drug-likeness (QED) is 0.303. The van der Waals surface area contributed by atoms with E-state index < -0.39 is 10.0 Å². The Kier molecular flexibility index (Phi) is 6.70. The summed E-state index contributed by atoms with van der Waals surface area (Å²) in [5, 5.41) is 13.3. The first-order chi connectivity index (χ1) is 16.0. The summed E-state index contributed by atoms with van der Waals surface area (Å²) in [7, 11) is -3.85. The lowest BCUT2D eigenvalue weighted by molar-refractivity contribution is -0.212. The molecule has 1 heterocycles. The van der Waals surface area contributed by atoms with Crippen molar-refractivity contribution >= 4 is 38.2 Å². The van der Waals surface area contributed by atoms with Crippen molar-refractivity contribution < 1.29 is 13.5 Å². The molecule has 0 atom stereocenters. The van der Waals surface area contributed by atoms with E-state index in [0.717, 1.165) is 24.6 Å². The Morgan fingerprint density at radius 1 is 0.970 bits per heavy atom. The minimum absolute atomic E-state index is 0.0955. The number of benzene rings is 3. The van der Waals surface area contributed by atoms with Gasteiger partial charge in [-0.25, -0.2) is 8.42 Å². The number of hydrogen-bond acceptors (Lipinski definition) is 5. The fraction of sp³-hybridized carbons (Fsp3) is 0.154. The topological polar surface area (TPSA) is 94.5 Å². The lowest BCUT2D eigenvalue weighted by Crippen LogP contribution is -2.18. The van der Waals surface area contributed by atoms with Crippen LogP contribution < -0.4 is 9.83 Å². The van der Waals surface area contributed by atoms with Crippen molar-refractivity contribution in [3.05, 3.63) is 96.2 Å². The predicted octanol–water partition coefficient (Wildman–Crippen LogP) is 4.82. The maximum absolute atomic E-state index is 12.9. The van der Waals surface area contributed by atoms with E-state index in [1.807, 2.05) is 36.4 Å². The Morgan fingerprint density at radius 2 is 1.70 bits per heavy atom. The summed E-state index contributed by atoms with van der Waals surface area (Å²) >= 11 is 0. The summed E-state index contributed by atoms with van der Waals surface area (Å²) in [6, 6.07) is 22.4. The van der Waals surface area contributed by atoms with Gasteiger partial charge in [-0.1, -0.05) is 55.8 Å². The Morgan fingerprint density at radius 3 is 2.42 bits per heavy atom. The Labute approximate surface area is 193 Å². The zero-order valence-electron chi connectivity index (χ0n) is 18.2. The molecule has 0 aliphatic carbocycles. The van der Waals surface area contributed by atoms with E-state index >= 15 is 0 Å². The van der Waals surface area contributed by atoms with Crippen molar-refractivity contribution in [3.8, 4) is 0 Å². The molecule has 168 valence electrons. The summed E-state index contributed by atoms with van der Waals surface area (Å²) in [5.41, 5.74) is 2.94. The van der Waals surface area contributed by atoms with Crippen LogP contribution in [-0.2, 0) is 16.4 Å². The maximum Gasteiger partial charge on any atom is 0.264 e. The number of hydrogen-bond donors (Lipinski definition) is 1. The first-order valence-corrected chi connectivity index (χ1v) is 12.3. The zero-order chi connectivity index (χ0) is 23.3. The number of pyridine rings is 1. The SMILES string of the molecule is CCCCc1ccc(N=C([O-])c2ccc(NS(=O)(=O)c3cccc4cccnc34)cc2)cc1.